The van der Waals surface area contributed by atoms with E-state index in [-0.39, 0.29) is 12.5 Å². The molecule has 2 N–H and O–H groups in total. The molecule has 9 nitrogen and oxygen atoms in total. The second-order valence-corrected chi connectivity index (χ2v) is 8.15. The van der Waals surface area contributed by atoms with Crippen LogP contribution in [0.25, 0.3) is 11.0 Å². The molecular weight excluding hydrogens is 404 g/mol. The van der Waals surface area contributed by atoms with Crippen LogP contribution in [-0.2, 0) is 37.3 Å². The molecule has 5 rings (SSSR count). The maximum Gasteiger partial charge on any atom is 0.240 e. The number of aryl methyl sites for hydroxylation is 3. The van der Waals surface area contributed by atoms with E-state index < -0.39 is 0 Å². The summed E-state index contributed by atoms with van der Waals surface area (Å²) in [7, 11) is 0. The summed E-state index contributed by atoms with van der Waals surface area (Å²) in [5, 5.41) is 10.8. The molecule has 3 aromatic heterocycles. The molecule has 9 heteroatoms. The first-order chi connectivity index (χ1) is 15.7. The molecule has 0 saturated carbocycles. The quantitative estimate of drug-likeness (QED) is 0.467. The Kier molecular flexibility index (Phi) is 5.53. The third-order valence-electron chi connectivity index (χ3n) is 5.87. The fraction of sp³-hybridized carbons (Fsp3) is 0.348. The monoisotopic (exact) mass is 430 g/mol. The minimum absolute atomic E-state index is 0.0762. The first kappa shape index (κ1) is 20.2. The molecule has 1 atom stereocenters. The van der Waals surface area contributed by atoms with Crippen molar-refractivity contribution in [1.82, 2.24) is 34.6 Å². The smallest absolute Gasteiger partial charge is 0.240 e. The number of amides is 1. The molecule has 0 spiro atoms. The average molecular weight is 431 g/mol. The van der Waals surface area contributed by atoms with E-state index >= 15 is 0 Å². The van der Waals surface area contributed by atoms with Crippen molar-refractivity contribution in [3.8, 4) is 0 Å². The van der Waals surface area contributed by atoms with Gasteiger partial charge in [-0.15, -0.1) is 0 Å². The highest BCUT2D eigenvalue weighted by atomic mass is 16.1. The highest BCUT2D eigenvalue weighted by Crippen LogP contribution is 2.32. The van der Waals surface area contributed by atoms with Gasteiger partial charge in [-0.1, -0.05) is 0 Å². The van der Waals surface area contributed by atoms with Crippen LogP contribution >= 0.6 is 0 Å². The third kappa shape index (κ3) is 4.18. The number of nitrogens with one attached hydrogen (secondary N) is 2. The molecule has 1 aromatic carbocycles. The molecule has 4 heterocycles. The molecule has 0 saturated heterocycles. The van der Waals surface area contributed by atoms with E-state index in [2.05, 4.69) is 44.8 Å². The zero-order valence-electron chi connectivity index (χ0n) is 18.0. The maximum absolute atomic E-state index is 12.8. The molecule has 1 aliphatic rings. The summed E-state index contributed by atoms with van der Waals surface area (Å²) < 4.78 is 3.92. The van der Waals surface area contributed by atoms with Gasteiger partial charge in [-0.05, 0) is 44.0 Å². The Bertz CT molecular complexity index is 1220. The molecule has 0 radical (unpaired) electrons. The second-order valence-electron chi connectivity index (χ2n) is 8.15. The Labute approximate surface area is 185 Å². The largest absolute Gasteiger partial charge is 0.382 e. The van der Waals surface area contributed by atoms with Gasteiger partial charge in [0.2, 0.25) is 5.91 Å². The molecule has 164 valence electrons. The van der Waals surface area contributed by atoms with E-state index in [4.69, 9.17) is 4.98 Å². The maximum atomic E-state index is 12.8. The van der Waals surface area contributed by atoms with Gasteiger partial charge in [-0.3, -0.25) is 9.48 Å². The lowest BCUT2D eigenvalue weighted by molar-refractivity contribution is -0.121. The van der Waals surface area contributed by atoms with Gasteiger partial charge in [-0.25, -0.2) is 15.0 Å². The van der Waals surface area contributed by atoms with Crippen molar-refractivity contribution >= 4 is 22.6 Å². The van der Waals surface area contributed by atoms with Crippen molar-refractivity contribution in [2.75, 3.05) is 5.32 Å². The van der Waals surface area contributed by atoms with Gasteiger partial charge in [0.25, 0.3) is 0 Å². The van der Waals surface area contributed by atoms with E-state index in [9.17, 15) is 4.79 Å². The minimum Gasteiger partial charge on any atom is -0.382 e. The van der Waals surface area contributed by atoms with Crippen molar-refractivity contribution in [3.63, 3.8) is 0 Å². The summed E-state index contributed by atoms with van der Waals surface area (Å²) in [6.45, 7) is 3.48. The van der Waals surface area contributed by atoms with Crippen LogP contribution < -0.4 is 10.6 Å². The Hall–Kier alpha value is -3.75. The number of fused-ring (bicyclic) bond motifs is 3. The number of nitrogens with zero attached hydrogens (tertiary/aromatic N) is 6. The number of rotatable bonds is 7. The number of aromatic nitrogens is 6. The van der Waals surface area contributed by atoms with Gasteiger partial charge < -0.3 is 15.2 Å². The van der Waals surface area contributed by atoms with Crippen molar-refractivity contribution < 1.29 is 4.79 Å². The number of benzene rings is 1. The average Bonchev–Trinajstić information content (AvgIpc) is 3.45. The van der Waals surface area contributed by atoms with Crippen LogP contribution in [-0.4, -0.2) is 41.2 Å². The van der Waals surface area contributed by atoms with E-state index in [0.717, 1.165) is 41.1 Å². The Morgan fingerprint density at radius 1 is 1.28 bits per heavy atom. The summed E-state index contributed by atoms with van der Waals surface area (Å²) in [5.74, 6) is 0.812. The molecule has 1 amide bonds. The molecule has 32 heavy (non-hydrogen) atoms. The van der Waals surface area contributed by atoms with E-state index in [1.165, 1.54) is 11.9 Å². The van der Waals surface area contributed by atoms with Crippen molar-refractivity contribution in [1.29, 1.82) is 0 Å². The van der Waals surface area contributed by atoms with Gasteiger partial charge in [0.1, 0.15) is 18.7 Å². The fourth-order valence-corrected chi connectivity index (χ4v) is 4.21. The van der Waals surface area contributed by atoms with Crippen LogP contribution in [0.2, 0.25) is 0 Å². The standard InChI is InChI=1S/C23H26N8O/c1-16-3-4-18-19(28-16)5-6-20-23(18)29-21(8-12-30-11-2-9-27-30)31(20)14-22(32)25-13-17-7-10-24-15-26-17/h2,5-7,9-11,15-16,28H,3-4,8,12-14H2,1H3,(H,25,32)/t16-/m0/s1. The van der Waals surface area contributed by atoms with Crippen molar-refractivity contribution in [2.45, 2.75) is 51.9 Å². The summed E-state index contributed by atoms with van der Waals surface area (Å²) in [6, 6.07) is 8.34. The van der Waals surface area contributed by atoms with Crippen LogP contribution in [0.4, 0.5) is 5.69 Å². The zero-order chi connectivity index (χ0) is 21.9. The van der Waals surface area contributed by atoms with Crippen LogP contribution in [0.5, 0.6) is 0 Å². The topological polar surface area (TPSA) is 103 Å². The van der Waals surface area contributed by atoms with E-state index in [1.54, 1.807) is 18.5 Å². The third-order valence-corrected chi connectivity index (χ3v) is 5.87. The van der Waals surface area contributed by atoms with Gasteiger partial charge in [-0.2, -0.15) is 5.10 Å². The first-order valence-corrected chi connectivity index (χ1v) is 10.9. The predicted molar refractivity (Wildman–Crippen MR) is 121 cm³/mol. The van der Waals surface area contributed by atoms with Gasteiger partial charge in [0.15, 0.2) is 0 Å². The number of imidazole rings is 1. The number of carbonyl (C=O) groups is 1. The van der Waals surface area contributed by atoms with E-state index in [0.29, 0.717) is 25.6 Å². The Morgan fingerprint density at radius 2 is 2.22 bits per heavy atom. The lowest BCUT2D eigenvalue weighted by Gasteiger charge is -2.24. The first-order valence-electron chi connectivity index (χ1n) is 10.9. The molecule has 0 unspecified atom stereocenters. The highest BCUT2D eigenvalue weighted by molar-refractivity contribution is 5.87. The number of hydrogen-bond donors (Lipinski definition) is 2. The van der Waals surface area contributed by atoms with Crippen molar-refractivity contribution in [2.24, 2.45) is 0 Å². The molecular formula is C23H26N8O. The minimum atomic E-state index is -0.0762. The second kappa shape index (κ2) is 8.78. The Balaban J connectivity index is 1.43. The van der Waals surface area contributed by atoms with Gasteiger partial charge >= 0.3 is 0 Å². The fourth-order valence-electron chi connectivity index (χ4n) is 4.21. The molecule has 1 aliphatic heterocycles. The molecule has 0 fully saturated rings. The van der Waals surface area contributed by atoms with Crippen molar-refractivity contribution in [3.05, 3.63) is 66.3 Å². The number of hydrogen-bond acceptors (Lipinski definition) is 6. The summed E-state index contributed by atoms with van der Waals surface area (Å²) >= 11 is 0. The molecule has 0 aliphatic carbocycles. The van der Waals surface area contributed by atoms with Gasteiger partial charge in [0.05, 0.1) is 23.3 Å². The van der Waals surface area contributed by atoms with Crippen LogP contribution in [0.15, 0.2) is 49.2 Å². The Morgan fingerprint density at radius 3 is 3.03 bits per heavy atom. The number of carbonyl (C=O) groups excluding carboxylic acids is 1. The highest BCUT2D eigenvalue weighted by Gasteiger charge is 2.22. The summed E-state index contributed by atoms with van der Waals surface area (Å²) in [5.41, 5.74) is 5.14. The molecule has 4 aromatic rings. The van der Waals surface area contributed by atoms with Crippen LogP contribution in [0.3, 0.4) is 0 Å². The van der Waals surface area contributed by atoms with Crippen LogP contribution in [0.1, 0.15) is 30.4 Å². The SMILES string of the molecule is C[C@H]1CCc2c(ccc3c2nc(CCn2cccn2)n3CC(=O)NCc2ccncn2)N1. The lowest BCUT2D eigenvalue weighted by atomic mass is 9.98. The van der Waals surface area contributed by atoms with Crippen LogP contribution in [0, 0.1) is 0 Å². The number of anilines is 1. The summed E-state index contributed by atoms with van der Waals surface area (Å²) in [6.07, 6.45) is 9.60. The van der Waals surface area contributed by atoms with E-state index in [1.807, 2.05) is 21.5 Å². The predicted octanol–water partition coefficient (Wildman–Crippen LogP) is 2.33. The van der Waals surface area contributed by atoms with Gasteiger partial charge in [0, 0.05) is 48.8 Å². The lowest BCUT2D eigenvalue weighted by Crippen LogP contribution is -2.28. The summed E-state index contributed by atoms with van der Waals surface area (Å²) in [4.78, 5) is 25.9. The normalized spacial score (nSPS) is 15.3. The zero-order valence-corrected chi connectivity index (χ0v) is 18.0. The molecule has 0 bridgehead atoms.